The average Bonchev–Trinajstić information content (AvgIpc) is 2.61. The van der Waals surface area contributed by atoms with Gasteiger partial charge in [-0.1, -0.05) is 48.5 Å². The first kappa shape index (κ1) is 17.5. The highest BCUT2D eigenvalue weighted by Gasteiger charge is 2.17. The summed E-state index contributed by atoms with van der Waals surface area (Å²) in [5.74, 6) is -0.321. The molecule has 0 radical (unpaired) electrons. The summed E-state index contributed by atoms with van der Waals surface area (Å²) in [7, 11) is 0. The summed E-state index contributed by atoms with van der Waals surface area (Å²) >= 11 is 0. The van der Waals surface area contributed by atoms with Gasteiger partial charge in [-0.25, -0.2) is 4.79 Å². The minimum absolute atomic E-state index is 0.256. The van der Waals surface area contributed by atoms with Crippen molar-refractivity contribution in [1.82, 2.24) is 5.32 Å². The number of carbonyl (C=O) groups excluding carboxylic acids is 2. The molecule has 0 spiro atoms. The molecule has 0 aliphatic carbocycles. The molecule has 126 valence electrons. The molecule has 1 N–H and O–H groups in total. The van der Waals surface area contributed by atoms with Crippen LogP contribution in [0.2, 0.25) is 0 Å². The number of ether oxygens (including phenoxy) is 2. The highest BCUT2D eigenvalue weighted by molar-refractivity contribution is 5.83. The van der Waals surface area contributed by atoms with E-state index in [2.05, 4.69) is 5.32 Å². The molecule has 2 aromatic rings. The van der Waals surface area contributed by atoms with Gasteiger partial charge in [0.1, 0.15) is 5.75 Å². The Morgan fingerprint density at radius 2 is 1.71 bits per heavy atom. The van der Waals surface area contributed by atoms with Crippen molar-refractivity contribution in [3.05, 3.63) is 54.6 Å². The minimum Gasteiger partial charge on any atom is -0.481 e. The number of esters is 1. The van der Waals surface area contributed by atoms with E-state index in [1.165, 1.54) is 6.92 Å². The zero-order valence-corrected chi connectivity index (χ0v) is 13.8. The number of benzene rings is 2. The van der Waals surface area contributed by atoms with Gasteiger partial charge in [-0.15, -0.1) is 0 Å². The van der Waals surface area contributed by atoms with Gasteiger partial charge in [-0.3, -0.25) is 4.79 Å². The molecule has 1 atom stereocenters. The second-order valence-corrected chi connectivity index (χ2v) is 5.18. The third-order valence-electron chi connectivity index (χ3n) is 3.35. The van der Waals surface area contributed by atoms with Crippen molar-refractivity contribution in [2.75, 3.05) is 13.2 Å². The molecule has 1 amide bonds. The topological polar surface area (TPSA) is 64.6 Å². The maximum Gasteiger partial charge on any atom is 0.344 e. The van der Waals surface area contributed by atoms with E-state index in [0.717, 1.165) is 11.1 Å². The Balaban J connectivity index is 1.98. The zero-order chi connectivity index (χ0) is 17.4. The average molecular weight is 327 g/mol. The van der Waals surface area contributed by atoms with Crippen molar-refractivity contribution in [2.45, 2.75) is 20.0 Å². The van der Waals surface area contributed by atoms with Gasteiger partial charge in [0.15, 0.2) is 12.7 Å². The standard InChI is InChI=1S/C19H21NO4/c1-3-20-19(22)14(2)24-18(21)13-23-17-12-8-7-11-16(17)15-9-5-4-6-10-15/h4-12,14H,3,13H2,1-2H3,(H,20,22)/t14-/m1/s1. The van der Waals surface area contributed by atoms with E-state index < -0.39 is 12.1 Å². The van der Waals surface area contributed by atoms with E-state index in [0.29, 0.717) is 12.3 Å². The lowest BCUT2D eigenvalue weighted by atomic mass is 10.1. The molecule has 0 aliphatic rings. The lowest BCUT2D eigenvalue weighted by Crippen LogP contribution is -2.36. The van der Waals surface area contributed by atoms with Crippen LogP contribution >= 0.6 is 0 Å². The van der Waals surface area contributed by atoms with Crippen LogP contribution in [0.25, 0.3) is 11.1 Å². The number of carbonyl (C=O) groups is 2. The van der Waals surface area contributed by atoms with E-state index in [9.17, 15) is 9.59 Å². The van der Waals surface area contributed by atoms with E-state index in [1.807, 2.05) is 48.5 Å². The van der Waals surface area contributed by atoms with Gasteiger partial charge in [0.25, 0.3) is 5.91 Å². The number of para-hydroxylation sites is 1. The first-order valence-electron chi connectivity index (χ1n) is 7.86. The fraction of sp³-hybridized carbons (Fsp3) is 0.263. The van der Waals surface area contributed by atoms with Crippen molar-refractivity contribution in [1.29, 1.82) is 0 Å². The molecule has 0 bridgehead atoms. The molecular weight excluding hydrogens is 306 g/mol. The SMILES string of the molecule is CCNC(=O)[C@@H](C)OC(=O)COc1ccccc1-c1ccccc1. The molecule has 0 fully saturated rings. The second kappa shape index (κ2) is 8.72. The third-order valence-corrected chi connectivity index (χ3v) is 3.35. The maximum atomic E-state index is 11.9. The fourth-order valence-corrected chi connectivity index (χ4v) is 2.19. The van der Waals surface area contributed by atoms with Crippen molar-refractivity contribution in [3.8, 4) is 16.9 Å². The summed E-state index contributed by atoms with van der Waals surface area (Å²) in [6.07, 6.45) is -0.842. The first-order valence-corrected chi connectivity index (χ1v) is 7.86. The quantitative estimate of drug-likeness (QED) is 0.794. The van der Waals surface area contributed by atoms with Crippen LogP contribution in [0.1, 0.15) is 13.8 Å². The molecule has 0 aliphatic heterocycles. The van der Waals surface area contributed by atoms with Gasteiger partial charge in [0, 0.05) is 12.1 Å². The number of amides is 1. The summed E-state index contributed by atoms with van der Waals surface area (Å²) < 4.78 is 10.6. The Hall–Kier alpha value is -2.82. The second-order valence-electron chi connectivity index (χ2n) is 5.18. The molecule has 2 rings (SSSR count). The molecule has 24 heavy (non-hydrogen) atoms. The molecule has 0 saturated heterocycles. The normalized spacial score (nSPS) is 11.4. The fourth-order valence-electron chi connectivity index (χ4n) is 2.19. The summed E-state index contributed by atoms with van der Waals surface area (Å²) in [6, 6.07) is 17.2. The monoisotopic (exact) mass is 327 g/mol. The predicted molar refractivity (Wildman–Crippen MR) is 91.6 cm³/mol. The van der Waals surface area contributed by atoms with Crippen LogP contribution in [0, 0.1) is 0 Å². The highest BCUT2D eigenvalue weighted by Crippen LogP contribution is 2.29. The highest BCUT2D eigenvalue weighted by atomic mass is 16.6. The summed E-state index contributed by atoms with van der Waals surface area (Å²) in [5, 5.41) is 2.60. The van der Waals surface area contributed by atoms with Gasteiger partial charge < -0.3 is 14.8 Å². The smallest absolute Gasteiger partial charge is 0.344 e. The number of hydrogen-bond acceptors (Lipinski definition) is 4. The van der Waals surface area contributed by atoms with E-state index in [1.54, 1.807) is 13.0 Å². The van der Waals surface area contributed by atoms with Gasteiger partial charge >= 0.3 is 5.97 Å². The van der Waals surface area contributed by atoms with Crippen LogP contribution in [0.3, 0.4) is 0 Å². The molecule has 0 heterocycles. The zero-order valence-electron chi connectivity index (χ0n) is 13.8. The van der Waals surface area contributed by atoms with Crippen LogP contribution in [-0.2, 0) is 14.3 Å². The maximum absolute atomic E-state index is 11.9. The Bertz CT molecular complexity index is 685. The van der Waals surface area contributed by atoms with Crippen LogP contribution in [0.4, 0.5) is 0 Å². The van der Waals surface area contributed by atoms with Crippen LogP contribution in [0.15, 0.2) is 54.6 Å². The van der Waals surface area contributed by atoms with Gasteiger partial charge in [-0.2, -0.15) is 0 Å². The Labute approximate surface area is 141 Å². The molecule has 5 nitrogen and oxygen atoms in total. The summed E-state index contributed by atoms with van der Waals surface area (Å²) in [4.78, 5) is 23.4. The molecule has 2 aromatic carbocycles. The van der Waals surface area contributed by atoms with Crippen molar-refractivity contribution >= 4 is 11.9 Å². The van der Waals surface area contributed by atoms with Crippen molar-refractivity contribution in [2.24, 2.45) is 0 Å². The number of nitrogens with one attached hydrogen (secondary N) is 1. The minimum atomic E-state index is -0.842. The molecule has 0 aromatic heterocycles. The van der Waals surface area contributed by atoms with Gasteiger partial charge in [-0.05, 0) is 25.5 Å². The van der Waals surface area contributed by atoms with Crippen molar-refractivity contribution in [3.63, 3.8) is 0 Å². The Morgan fingerprint density at radius 3 is 2.42 bits per heavy atom. The van der Waals surface area contributed by atoms with Crippen LogP contribution in [0.5, 0.6) is 5.75 Å². The number of hydrogen-bond donors (Lipinski definition) is 1. The van der Waals surface area contributed by atoms with Gasteiger partial charge in [0.2, 0.25) is 0 Å². The number of likely N-dealkylation sites (N-methyl/N-ethyl adjacent to an activating group) is 1. The first-order chi connectivity index (χ1) is 11.6. The van der Waals surface area contributed by atoms with Crippen LogP contribution in [-0.4, -0.2) is 31.1 Å². The molecule has 0 saturated carbocycles. The van der Waals surface area contributed by atoms with Gasteiger partial charge in [0.05, 0.1) is 0 Å². The summed E-state index contributed by atoms with van der Waals surface area (Å²) in [6.45, 7) is 3.56. The van der Waals surface area contributed by atoms with Crippen molar-refractivity contribution < 1.29 is 19.1 Å². The van der Waals surface area contributed by atoms with Crippen LogP contribution < -0.4 is 10.1 Å². The lowest BCUT2D eigenvalue weighted by molar-refractivity contribution is -0.156. The molecule has 0 unspecified atom stereocenters. The third kappa shape index (κ3) is 4.84. The van der Waals surface area contributed by atoms with E-state index >= 15 is 0 Å². The number of rotatable bonds is 7. The lowest BCUT2D eigenvalue weighted by Gasteiger charge is -2.14. The molecular formula is C19H21NO4. The Kier molecular flexibility index (Phi) is 6.37. The largest absolute Gasteiger partial charge is 0.481 e. The van der Waals surface area contributed by atoms with E-state index in [-0.39, 0.29) is 12.5 Å². The van der Waals surface area contributed by atoms with E-state index in [4.69, 9.17) is 9.47 Å². The Morgan fingerprint density at radius 1 is 1.04 bits per heavy atom. The summed E-state index contributed by atoms with van der Waals surface area (Å²) in [5.41, 5.74) is 1.89. The molecule has 5 heteroatoms. The predicted octanol–water partition coefficient (Wildman–Crippen LogP) is 2.80.